The van der Waals surface area contributed by atoms with Crippen molar-refractivity contribution < 1.29 is 9.72 Å². The van der Waals surface area contributed by atoms with E-state index in [9.17, 15) is 14.9 Å². The zero-order valence-electron chi connectivity index (χ0n) is 17.5. The molecule has 6 nitrogen and oxygen atoms in total. The topological polar surface area (TPSA) is 78.0 Å². The summed E-state index contributed by atoms with van der Waals surface area (Å²) in [7, 11) is 0. The first-order valence-corrected chi connectivity index (χ1v) is 10.6. The summed E-state index contributed by atoms with van der Waals surface area (Å²) < 4.78 is 1.68. The highest BCUT2D eigenvalue weighted by Crippen LogP contribution is 2.40. The fraction of sp³-hybridized carbons (Fsp3) is 0.0769. The molecular weight excluding hydrogens is 438 g/mol. The molecule has 0 N–H and O–H groups in total. The van der Waals surface area contributed by atoms with Crippen LogP contribution in [0.5, 0.6) is 0 Å². The minimum Gasteiger partial charge on any atom is -0.297 e. The molecule has 0 amide bonds. The number of hydrogen-bond donors (Lipinski definition) is 0. The molecule has 0 fully saturated rings. The van der Waals surface area contributed by atoms with Gasteiger partial charge in [-0.25, -0.2) is 4.98 Å². The summed E-state index contributed by atoms with van der Waals surface area (Å²) in [6.45, 7) is 3.73. The van der Waals surface area contributed by atoms with E-state index in [4.69, 9.17) is 11.6 Å². The average Bonchev–Trinajstić information content (AvgIpc) is 3.33. The van der Waals surface area contributed by atoms with Gasteiger partial charge in [0.2, 0.25) is 11.5 Å². The van der Waals surface area contributed by atoms with Crippen LogP contribution in [0, 0.1) is 10.1 Å². The average molecular weight is 458 g/mol. The molecule has 1 aromatic heterocycles. The first-order chi connectivity index (χ1) is 16.0. The predicted molar refractivity (Wildman–Crippen MR) is 127 cm³/mol. The summed E-state index contributed by atoms with van der Waals surface area (Å²) in [6.07, 6.45) is 3.24. The van der Waals surface area contributed by atoms with Gasteiger partial charge in [0.05, 0.1) is 16.8 Å². The third-order valence-electron chi connectivity index (χ3n) is 5.49. The number of benzene rings is 3. The van der Waals surface area contributed by atoms with E-state index < -0.39 is 16.8 Å². The van der Waals surface area contributed by atoms with E-state index >= 15 is 0 Å². The highest BCUT2D eigenvalue weighted by molar-refractivity contribution is 6.30. The monoisotopic (exact) mass is 457 g/mol. The molecule has 7 heteroatoms. The second-order valence-corrected chi connectivity index (χ2v) is 7.92. The number of imidazole rings is 1. The summed E-state index contributed by atoms with van der Waals surface area (Å²) in [6, 6.07) is 25.0. The van der Waals surface area contributed by atoms with Crippen LogP contribution in [0.3, 0.4) is 0 Å². The Bertz CT molecular complexity index is 1290. The molecule has 164 valence electrons. The molecule has 4 aromatic rings. The van der Waals surface area contributed by atoms with Crippen LogP contribution < -0.4 is 0 Å². The maximum absolute atomic E-state index is 14.0. The number of nitrogens with zero attached hydrogens (tertiary/aromatic N) is 3. The van der Waals surface area contributed by atoms with E-state index in [-0.39, 0.29) is 17.3 Å². The lowest BCUT2D eigenvalue weighted by Gasteiger charge is -2.25. The first kappa shape index (κ1) is 22.2. The normalized spacial score (nSPS) is 12.6. The van der Waals surface area contributed by atoms with Crippen LogP contribution in [0.1, 0.15) is 33.6 Å². The SMILES string of the molecule is C=C(C(c1ccccc1)C(C(=O)c1nccn1-c1ccccc1)c1ccc(Cl)cc1)[N+](=O)[O-]. The number of halogens is 1. The van der Waals surface area contributed by atoms with E-state index in [1.807, 2.05) is 36.4 Å². The molecule has 0 bridgehead atoms. The number of hydrogen-bond acceptors (Lipinski definition) is 4. The summed E-state index contributed by atoms with van der Waals surface area (Å²) in [4.78, 5) is 29.7. The van der Waals surface area contributed by atoms with Gasteiger partial charge in [-0.1, -0.05) is 72.3 Å². The summed E-state index contributed by atoms with van der Waals surface area (Å²) in [5, 5.41) is 12.4. The molecule has 0 radical (unpaired) electrons. The van der Waals surface area contributed by atoms with Gasteiger partial charge in [-0.3, -0.25) is 19.5 Å². The van der Waals surface area contributed by atoms with Gasteiger partial charge in [0.1, 0.15) is 0 Å². The van der Waals surface area contributed by atoms with Crippen LogP contribution >= 0.6 is 11.6 Å². The molecular formula is C26H20ClN3O3. The van der Waals surface area contributed by atoms with Gasteiger partial charge in [-0.2, -0.15) is 0 Å². The Balaban J connectivity index is 1.90. The van der Waals surface area contributed by atoms with Crippen molar-refractivity contribution in [3.8, 4) is 5.69 Å². The Hall–Kier alpha value is -4.03. The van der Waals surface area contributed by atoms with Crippen molar-refractivity contribution in [3.63, 3.8) is 0 Å². The number of para-hydroxylation sites is 1. The Morgan fingerprint density at radius 3 is 2.09 bits per heavy atom. The van der Waals surface area contributed by atoms with Gasteiger partial charge < -0.3 is 0 Å². The second kappa shape index (κ2) is 9.63. The van der Waals surface area contributed by atoms with Gasteiger partial charge in [0.15, 0.2) is 5.82 Å². The van der Waals surface area contributed by atoms with Gasteiger partial charge in [-0.05, 0) is 42.0 Å². The fourth-order valence-corrected chi connectivity index (χ4v) is 4.06. The number of rotatable bonds is 8. The van der Waals surface area contributed by atoms with Crippen molar-refractivity contribution in [1.29, 1.82) is 0 Å². The Morgan fingerprint density at radius 2 is 1.48 bits per heavy atom. The molecule has 0 spiro atoms. The molecule has 2 atom stereocenters. The highest BCUT2D eigenvalue weighted by atomic mass is 35.5. The molecule has 0 saturated carbocycles. The van der Waals surface area contributed by atoms with Gasteiger partial charge in [0.25, 0.3) is 0 Å². The lowest BCUT2D eigenvalue weighted by atomic mass is 9.77. The predicted octanol–water partition coefficient (Wildman–Crippen LogP) is 6.07. The largest absolute Gasteiger partial charge is 0.297 e. The summed E-state index contributed by atoms with van der Waals surface area (Å²) >= 11 is 6.08. The smallest absolute Gasteiger partial charge is 0.247 e. The third-order valence-corrected chi connectivity index (χ3v) is 5.74. The Kier molecular flexibility index (Phi) is 6.47. The molecule has 3 aromatic carbocycles. The third kappa shape index (κ3) is 4.61. The zero-order chi connectivity index (χ0) is 23.4. The lowest BCUT2D eigenvalue weighted by molar-refractivity contribution is -0.429. The zero-order valence-corrected chi connectivity index (χ0v) is 18.3. The van der Waals surface area contributed by atoms with Crippen molar-refractivity contribution in [3.05, 3.63) is 142 Å². The van der Waals surface area contributed by atoms with Crippen molar-refractivity contribution in [2.24, 2.45) is 0 Å². The van der Waals surface area contributed by atoms with Crippen molar-refractivity contribution >= 4 is 17.4 Å². The van der Waals surface area contributed by atoms with E-state index in [0.717, 1.165) is 5.69 Å². The van der Waals surface area contributed by atoms with E-state index in [2.05, 4.69) is 11.6 Å². The molecule has 0 aliphatic carbocycles. The van der Waals surface area contributed by atoms with Crippen LogP contribution in [0.2, 0.25) is 5.02 Å². The van der Waals surface area contributed by atoms with Gasteiger partial charge in [0, 0.05) is 23.1 Å². The molecule has 33 heavy (non-hydrogen) atoms. The molecule has 0 aliphatic heterocycles. The number of nitro groups is 1. The van der Waals surface area contributed by atoms with Crippen molar-refractivity contribution in [1.82, 2.24) is 9.55 Å². The molecule has 2 unspecified atom stereocenters. The molecule has 0 aliphatic rings. The molecule has 4 rings (SSSR count). The maximum atomic E-state index is 14.0. The van der Waals surface area contributed by atoms with E-state index in [1.165, 1.54) is 0 Å². The van der Waals surface area contributed by atoms with Gasteiger partial charge >= 0.3 is 0 Å². The lowest BCUT2D eigenvalue weighted by Crippen LogP contribution is -2.26. The number of allylic oxidation sites excluding steroid dienone is 1. The number of carbonyl (C=O) groups excluding carboxylic acids is 1. The van der Waals surface area contributed by atoms with Crippen LogP contribution in [0.25, 0.3) is 5.69 Å². The van der Waals surface area contributed by atoms with Crippen LogP contribution in [-0.2, 0) is 0 Å². The Labute approximate surface area is 195 Å². The number of aromatic nitrogens is 2. The quantitative estimate of drug-likeness (QED) is 0.183. The van der Waals surface area contributed by atoms with Crippen molar-refractivity contribution in [2.75, 3.05) is 0 Å². The van der Waals surface area contributed by atoms with Crippen LogP contribution in [-0.4, -0.2) is 20.3 Å². The number of ketones is 1. The fourth-order valence-electron chi connectivity index (χ4n) is 3.94. The van der Waals surface area contributed by atoms with Crippen LogP contribution in [0.4, 0.5) is 0 Å². The summed E-state index contributed by atoms with van der Waals surface area (Å²) in [5.74, 6) is -2.02. The molecule has 1 heterocycles. The van der Waals surface area contributed by atoms with Gasteiger partial charge in [-0.15, -0.1) is 0 Å². The standard InChI is InChI=1S/C26H20ClN3O3/c1-18(30(32)33)23(19-8-4-2-5-9-19)24(20-12-14-21(27)15-13-20)25(31)26-28-16-17-29(26)22-10-6-3-7-11-22/h2-17,23-24H,1H2. The number of Topliss-reactive ketones (excluding diaryl/α,β-unsaturated/α-hetero) is 1. The summed E-state index contributed by atoms with van der Waals surface area (Å²) in [5.41, 5.74) is 1.69. The second-order valence-electron chi connectivity index (χ2n) is 7.49. The Morgan fingerprint density at radius 1 is 0.909 bits per heavy atom. The van der Waals surface area contributed by atoms with E-state index in [0.29, 0.717) is 16.1 Å². The highest BCUT2D eigenvalue weighted by Gasteiger charge is 2.40. The molecule has 0 saturated heterocycles. The minimum atomic E-state index is -0.938. The van der Waals surface area contributed by atoms with Crippen molar-refractivity contribution in [2.45, 2.75) is 11.8 Å². The maximum Gasteiger partial charge on any atom is 0.247 e. The number of carbonyl (C=O) groups is 1. The minimum absolute atomic E-state index is 0.179. The first-order valence-electron chi connectivity index (χ1n) is 10.2. The van der Waals surface area contributed by atoms with E-state index in [1.54, 1.807) is 65.5 Å². The van der Waals surface area contributed by atoms with Crippen LogP contribution in [0.15, 0.2) is 110 Å².